The van der Waals surface area contributed by atoms with E-state index in [-0.39, 0.29) is 18.1 Å². The Kier molecular flexibility index (Phi) is 4.34. The molecule has 2 rings (SSSR count). The van der Waals surface area contributed by atoms with Gasteiger partial charge in [0.25, 0.3) is 0 Å². The lowest BCUT2D eigenvalue weighted by Crippen LogP contribution is -2.17. The molecule has 0 fully saturated rings. The van der Waals surface area contributed by atoms with Crippen molar-refractivity contribution >= 4 is 12.1 Å². The number of amides is 1. The molecule has 0 saturated heterocycles. The second-order valence-corrected chi connectivity index (χ2v) is 3.94. The van der Waals surface area contributed by atoms with E-state index >= 15 is 0 Å². The molecule has 0 bridgehead atoms. The summed E-state index contributed by atoms with van der Waals surface area (Å²) in [5.74, 6) is 0.557. The number of para-hydroxylation sites is 1. The molecule has 0 radical (unpaired) electrons. The predicted molar refractivity (Wildman–Crippen MR) is 70.9 cm³/mol. The Bertz CT molecular complexity index is 562. The summed E-state index contributed by atoms with van der Waals surface area (Å²) < 4.78 is 5.03. The minimum atomic E-state index is -0.217. The SMILES string of the molecule is O=C(CCc1ccccc1O)N/N=C/c1ccco1. The van der Waals surface area contributed by atoms with Crippen LogP contribution in [0.15, 0.2) is 52.2 Å². The van der Waals surface area contributed by atoms with E-state index in [2.05, 4.69) is 10.5 Å². The van der Waals surface area contributed by atoms with Gasteiger partial charge in [-0.05, 0) is 30.2 Å². The number of carbonyl (C=O) groups is 1. The lowest BCUT2D eigenvalue weighted by atomic mass is 10.1. The maximum atomic E-state index is 11.5. The quantitative estimate of drug-likeness (QED) is 0.636. The summed E-state index contributed by atoms with van der Waals surface area (Å²) in [5.41, 5.74) is 3.14. The van der Waals surface area contributed by atoms with Gasteiger partial charge in [0.1, 0.15) is 11.5 Å². The van der Waals surface area contributed by atoms with Crippen LogP contribution in [0.5, 0.6) is 5.75 Å². The predicted octanol–water partition coefficient (Wildman–Crippen LogP) is 2.07. The highest BCUT2D eigenvalue weighted by Crippen LogP contribution is 2.16. The van der Waals surface area contributed by atoms with Crippen LogP contribution in [0.1, 0.15) is 17.7 Å². The van der Waals surface area contributed by atoms with Gasteiger partial charge in [0.05, 0.1) is 12.5 Å². The number of aryl methyl sites for hydroxylation is 1. The lowest BCUT2D eigenvalue weighted by Gasteiger charge is -2.03. The number of phenolic OH excluding ortho intramolecular Hbond substituents is 1. The van der Waals surface area contributed by atoms with E-state index < -0.39 is 0 Å². The summed E-state index contributed by atoms with van der Waals surface area (Å²) >= 11 is 0. The Balaban J connectivity index is 1.78. The Morgan fingerprint density at radius 1 is 1.32 bits per heavy atom. The first-order valence-electron chi connectivity index (χ1n) is 5.88. The summed E-state index contributed by atoms with van der Waals surface area (Å²) in [7, 11) is 0. The summed E-state index contributed by atoms with van der Waals surface area (Å²) in [6, 6.07) is 10.4. The van der Waals surface area contributed by atoms with Crippen molar-refractivity contribution in [3.63, 3.8) is 0 Å². The third kappa shape index (κ3) is 3.99. The second kappa shape index (κ2) is 6.39. The molecule has 2 aromatic rings. The molecule has 1 amide bonds. The normalized spacial score (nSPS) is 10.7. The van der Waals surface area contributed by atoms with Gasteiger partial charge in [-0.1, -0.05) is 18.2 Å². The van der Waals surface area contributed by atoms with Gasteiger partial charge in [-0.25, -0.2) is 5.43 Å². The number of benzene rings is 1. The van der Waals surface area contributed by atoms with E-state index in [1.165, 1.54) is 12.5 Å². The van der Waals surface area contributed by atoms with E-state index in [1.807, 2.05) is 6.07 Å². The molecule has 0 unspecified atom stereocenters. The molecular formula is C14H14N2O3. The average Bonchev–Trinajstić information content (AvgIpc) is 2.91. The molecule has 0 aliphatic carbocycles. The number of carbonyl (C=O) groups excluding carboxylic acids is 1. The van der Waals surface area contributed by atoms with Crippen LogP contribution in [0.3, 0.4) is 0 Å². The molecule has 2 N–H and O–H groups in total. The summed E-state index contributed by atoms with van der Waals surface area (Å²) in [4.78, 5) is 11.5. The third-order valence-corrected chi connectivity index (χ3v) is 2.54. The number of phenols is 1. The first kappa shape index (κ1) is 12.9. The number of aromatic hydroxyl groups is 1. The third-order valence-electron chi connectivity index (χ3n) is 2.54. The van der Waals surface area contributed by atoms with Gasteiger partial charge in [0, 0.05) is 6.42 Å². The zero-order valence-electron chi connectivity index (χ0n) is 10.2. The molecule has 0 atom stereocenters. The Labute approximate surface area is 110 Å². The van der Waals surface area contributed by atoms with E-state index in [9.17, 15) is 9.90 Å². The number of hydrogen-bond acceptors (Lipinski definition) is 4. The molecule has 98 valence electrons. The summed E-state index contributed by atoms with van der Waals surface area (Å²) in [6.07, 6.45) is 3.68. The smallest absolute Gasteiger partial charge is 0.240 e. The Hall–Kier alpha value is -2.56. The van der Waals surface area contributed by atoms with E-state index in [0.29, 0.717) is 12.2 Å². The lowest BCUT2D eigenvalue weighted by molar-refractivity contribution is -0.121. The minimum absolute atomic E-state index is 0.203. The van der Waals surface area contributed by atoms with Crippen LogP contribution >= 0.6 is 0 Å². The van der Waals surface area contributed by atoms with Crippen LogP contribution in [-0.4, -0.2) is 17.2 Å². The van der Waals surface area contributed by atoms with Crippen molar-refractivity contribution in [3.8, 4) is 5.75 Å². The van der Waals surface area contributed by atoms with Crippen molar-refractivity contribution < 1.29 is 14.3 Å². The molecule has 1 aromatic carbocycles. The van der Waals surface area contributed by atoms with Crippen molar-refractivity contribution in [2.45, 2.75) is 12.8 Å². The zero-order chi connectivity index (χ0) is 13.5. The second-order valence-electron chi connectivity index (χ2n) is 3.94. The number of furan rings is 1. The van der Waals surface area contributed by atoms with Crippen molar-refractivity contribution in [2.24, 2.45) is 5.10 Å². The van der Waals surface area contributed by atoms with Crippen molar-refractivity contribution in [2.75, 3.05) is 0 Å². The maximum absolute atomic E-state index is 11.5. The Morgan fingerprint density at radius 3 is 2.89 bits per heavy atom. The van der Waals surface area contributed by atoms with Gasteiger partial charge in [-0.15, -0.1) is 0 Å². The minimum Gasteiger partial charge on any atom is -0.508 e. The van der Waals surface area contributed by atoms with Gasteiger partial charge in [0.2, 0.25) is 5.91 Å². The topological polar surface area (TPSA) is 74.8 Å². The summed E-state index contributed by atoms with van der Waals surface area (Å²) in [5, 5.41) is 13.3. The standard InChI is InChI=1S/C14H14N2O3/c17-13-6-2-1-4-11(13)7-8-14(18)16-15-10-12-5-3-9-19-12/h1-6,9-10,17H,7-8H2,(H,16,18)/b15-10+. The van der Waals surface area contributed by atoms with Gasteiger partial charge in [-0.3, -0.25) is 4.79 Å². The highest BCUT2D eigenvalue weighted by Gasteiger charge is 2.04. The molecule has 1 aromatic heterocycles. The highest BCUT2D eigenvalue weighted by molar-refractivity contribution is 5.80. The maximum Gasteiger partial charge on any atom is 0.240 e. The van der Waals surface area contributed by atoms with Crippen molar-refractivity contribution in [1.82, 2.24) is 5.43 Å². The van der Waals surface area contributed by atoms with Crippen molar-refractivity contribution in [1.29, 1.82) is 0 Å². The van der Waals surface area contributed by atoms with E-state index in [0.717, 1.165) is 5.56 Å². The van der Waals surface area contributed by atoms with Crippen LogP contribution in [0.2, 0.25) is 0 Å². The van der Waals surface area contributed by atoms with Gasteiger partial charge >= 0.3 is 0 Å². The van der Waals surface area contributed by atoms with E-state index in [4.69, 9.17) is 4.42 Å². The van der Waals surface area contributed by atoms with Crippen LogP contribution in [0.25, 0.3) is 0 Å². The monoisotopic (exact) mass is 258 g/mol. The molecule has 5 nitrogen and oxygen atoms in total. The van der Waals surface area contributed by atoms with E-state index in [1.54, 1.807) is 30.3 Å². The molecule has 0 saturated carbocycles. The first-order valence-corrected chi connectivity index (χ1v) is 5.88. The van der Waals surface area contributed by atoms with Gasteiger partial charge in [-0.2, -0.15) is 5.10 Å². The number of rotatable bonds is 5. The fraction of sp³-hybridized carbons (Fsp3) is 0.143. The molecule has 5 heteroatoms. The van der Waals surface area contributed by atoms with Crippen LogP contribution < -0.4 is 5.43 Å². The number of nitrogens with one attached hydrogen (secondary N) is 1. The van der Waals surface area contributed by atoms with Crippen LogP contribution in [-0.2, 0) is 11.2 Å². The van der Waals surface area contributed by atoms with Crippen molar-refractivity contribution in [3.05, 3.63) is 54.0 Å². The van der Waals surface area contributed by atoms with Crippen LogP contribution in [0, 0.1) is 0 Å². The Morgan fingerprint density at radius 2 is 2.16 bits per heavy atom. The average molecular weight is 258 g/mol. The molecule has 0 aliphatic heterocycles. The molecule has 0 spiro atoms. The fourth-order valence-corrected chi connectivity index (χ4v) is 1.56. The molecule has 0 aliphatic rings. The number of hydrogen-bond donors (Lipinski definition) is 2. The van der Waals surface area contributed by atoms with Crippen LogP contribution in [0.4, 0.5) is 0 Å². The number of hydrazone groups is 1. The first-order chi connectivity index (χ1) is 9.25. The summed E-state index contributed by atoms with van der Waals surface area (Å²) in [6.45, 7) is 0. The molecule has 19 heavy (non-hydrogen) atoms. The largest absolute Gasteiger partial charge is 0.508 e. The van der Waals surface area contributed by atoms with Gasteiger partial charge < -0.3 is 9.52 Å². The molecular weight excluding hydrogens is 244 g/mol. The molecule has 1 heterocycles. The highest BCUT2D eigenvalue weighted by atomic mass is 16.3. The fourth-order valence-electron chi connectivity index (χ4n) is 1.56. The zero-order valence-corrected chi connectivity index (χ0v) is 10.2. The number of nitrogens with zero attached hydrogens (tertiary/aromatic N) is 1. The van der Waals surface area contributed by atoms with Gasteiger partial charge in [0.15, 0.2) is 0 Å².